The van der Waals surface area contributed by atoms with Crippen LogP contribution >= 0.6 is 0 Å². The summed E-state index contributed by atoms with van der Waals surface area (Å²) in [7, 11) is 0. The Hall–Kier alpha value is -1.62. The molecular formula is C16H26N4O. The minimum absolute atomic E-state index is 0.0528. The molecule has 21 heavy (non-hydrogen) atoms. The van der Waals surface area contributed by atoms with Crippen molar-refractivity contribution in [2.24, 2.45) is 5.73 Å². The third kappa shape index (κ3) is 5.34. The lowest BCUT2D eigenvalue weighted by Gasteiger charge is -2.21. The highest BCUT2D eigenvalue weighted by Gasteiger charge is 2.10. The second-order valence-corrected chi connectivity index (χ2v) is 5.59. The molecule has 2 rings (SSSR count). The molecule has 0 unspecified atom stereocenters. The normalized spacial score (nSPS) is 15.6. The molecule has 1 aliphatic rings. The van der Waals surface area contributed by atoms with Gasteiger partial charge in [0.15, 0.2) is 0 Å². The van der Waals surface area contributed by atoms with Crippen LogP contribution in [0.15, 0.2) is 18.3 Å². The second kappa shape index (κ2) is 8.62. The average Bonchev–Trinajstić information content (AvgIpc) is 2.80. The van der Waals surface area contributed by atoms with E-state index in [9.17, 15) is 4.79 Å². The van der Waals surface area contributed by atoms with Crippen LogP contribution in [0.4, 0.5) is 5.82 Å². The van der Waals surface area contributed by atoms with Crippen molar-refractivity contribution in [3.05, 3.63) is 23.9 Å². The van der Waals surface area contributed by atoms with Crippen LogP contribution in [0.1, 0.15) is 44.1 Å². The zero-order chi connectivity index (χ0) is 14.9. The third-order valence-corrected chi connectivity index (χ3v) is 3.84. The molecule has 1 aliphatic heterocycles. The number of rotatable bonds is 6. The van der Waals surface area contributed by atoms with E-state index < -0.39 is 0 Å². The van der Waals surface area contributed by atoms with Crippen LogP contribution in [0, 0.1) is 0 Å². The lowest BCUT2D eigenvalue weighted by molar-refractivity contribution is -0.121. The van der Waals surface area contributed by atoms with E-state index in [2.05, 4.69) is 27.3 Å². The van der Waals surface area contributed by atoms with Crippen molar-refractivity contribution in [2.75, 3.05) is 24.5 Å². The molecule has 0 bridgehead atoms. The van der Waals surface area contributed by atoms with Gasteiger partial charge in [0.25, 0.3) is 0 Å². The summed E-state index contributed by atoms with van der Waals surface area (Å²) >= 11 is 0. The van der Waals surface area contributed by atoms with Crippen molar-refractivity contribution in [1.82, 2.24) is 10.3 Å². The Labute approximate surface area is 126 Å². The molecule has 0 aliphatic carbocycles. The van der Waals surface area contributed by atoms with Crippen molar-refractivity contribution in [1.29, 1.82) is 0 Å². The zero-order valence-electron chi connectivity index (χ0n) is 12.7. The molecule has 116 valence electrons. The van der Waals surface area contributed by atoms with Crippen LogP contribution in [0.3, 0.4) is 0 Å². The first-order chi connectivity index (χ1) is 10.3. The zero-order valence-corrected chi connectivity index (χ0v) is 12.7. The molecule has 1 aromatic heterocycles. The number of nitrogens with two attached hydrogens (primary N) is 1. The predicted octanol–water partition coefficient (Wildman–Crippen LogP) is 1.82. The number of aromatic nitrogens is 1. The maximum Gasteiger partial charge on any atom is 0.220 e. The van der Waals surface area contributed by atoms with Crippen molar-refractivity contribution in [3.63, 3.8) is 0 Å². The van der Waals surface area contributed by atoms with E-state index in [0.717, 1.165) is 30.9 Å². The van der Waals surface area contributed by atoms with Gasteiger partial charge in [0, 0.05) is 32.3 Å². The van der Waals surface area contributed by atoms with Crippen molar-refractivity contribution >= 4 is 11.7 Å². The van der Waals surface area contributed by atoms with Crippen LogP contribution in [0.25, 0.3) is 0 Å². The predicted molar refractivity (Wildman–Crippen MR) is 85.1 cm³/mol. The number of hydrogen-bond donors (Lipinski definition) is 2. The van der Waals surface area contributed by atoms with Crippen molar-refractivity contribution < 1.29 is 4.79 Å². The molecular weight excluding hydrogens is 264 g/mol. The summed E-state index contributed by atoms with van der Waals surface area (Å²) in [5.41, 5.74) is 6.42. The van der Waals surface area contributed by atoms with Gasteiger partial charge in [0.2, 0.25) is 5.91 Å². The average molecular weight is 290 g/mol. The van der Waals surface area contributed by atoms with Gasteiger partial charge in [-0.2, -0.15) is 0 Å². The first kappa shape index (κ1) is 15.8. The molecule has 2 heterocycles. The largest absolute Gasteiger partial charge is 0.357 e. The molecule has 0 spiro atoms. The number of amides is 1. The van der Waals surface area contributed by atoms with Crippen molar-refractivity contribution in [2.45, 2.75) is 45.1 Å². The molecule has 1 saturated heterocycles. The maximum atomic E-state index is 11.5. The standard InChI is InChI=1S/C16H26N4O/c17-9-5-6-16(21)19-13-14-7-8-15(18-12-14)20-10-3-1-2-4-11-20/h7-8,12H,1-6,9-11,13,17H2,(H,19,21). The van der Waals surface area contributed by atoms with Gasteiger partial charge < -0.3 is 16.0 Å². The summed E-state index contributed by atoms with van der Waals surface area (Å²) < 4.78 is 0. The first-order valence-corrected chi connectivity index (χ1v) is 7.96. The van der Waals surface area contributed by atoms with Gasteiger partial charge in [0.05, 0.1) is 0 Å². The van der Waals surface area contributed by atoms with Crippen molar-refractivity contribution in [3.8, 4) is 0 Å². The van der Waals surface area contributed by atoms with Crippen LogP contribution in [-0.4, -0.2) is 30.5 Å². The fourth-order valence-electron chi connectivity index (χ4n) is 2.56. The van der Waals surface area contributed by atoms with Gasteiger partial charge in [-0.15, -0.1) is 0 Å². The van der Waals surface area contributed by atoms with E-state index in [1.54, 1.807) is 0 Å². The Morgan fingerprint density at radius 2 is 2.00 bits per heavy atom. The fraction of sp³-hybridized carbons (Fsp3) is 0.625. The number of carbonyl (C=O) groups excluding carboxylic acids is 1. The lowest BCUT2D eigenvalue weighted by Crippen LogP contribution is -2.25. The molecule has 0 atom stereocenters. The molecule has 5 nitrogen and oxygen atoms in total. The van der Waals surface area contributed by atoms with Gasteiger partial charge in [-0.05, 0) is 37.4 Å². The summed E-state index contributed by atoms with van der Waals surface area (Å²) in [5, 5.41) is 2.89. The van der Waals surface area contributed by atoms with Crippen LogP contribution in [0.2, 0.25) is 0 Å². The molecule has 1 amide bonds. The Bertz CT molecular complexity index is 424. The van der Waals surface area contributed by atoms with E-state index in [1.807, 2.05) is 6.20 Å². The summed E-state index contributed by atoms with van der Waals surface area (Å²) in [5.74, 6) is 1.10. The van der Waals surface area contributed by atoms with E-state index in [0.29, 0.717) is 19.5 Å². The number of nitrogens with one attached hydrogen (secondary N) is 1. The maximum absolute atomic E-state index is 11.5. The molecule has 0 saturated carbocycles. The molecule has 1 fully saturated rings. The summed E-state index contributed by atoms with van der Waals surface area (Å²) in [6, 6.07) is 4.11. The van der Waals surface area contributed by atoms with Gasteiger partial charge in [-0.3, -0.25) is 4.79 Å². The SMILES string of the molecule is NCCCC(=O)NCc1ccc(N2CCCCCC2)nc1. The molecule has 0 aromatic carbocycles. The van der Waals surface area contributed by atoms with Crippen LogP contribution < -0.4 is 16.0 Å². The quantitative estimate of drug-likeness (QED) is 0.838. The van der Waals surface area contributed by atoms with E-state index >= 15 is 0 Å². The van der Waals surface area contributed by atoms with E-state index in [-0.39, 0.29) is 5.91 Å². The van der Waals surface area contributed by atoms with Gasteiger partial charge >= 0.3 is 0 Å². The summed E-state index contributed by atoms with van der Waals surface area (Å²) in [4.78, 5) is 18.4. The molecule has 0 radical (unpaired) electrons. The fourth-order valence-corrected chi connectivity index (χ4v) is 2.56. The topological polar surface area (TPSA) is 71.2 Å². The number of pyridine rings is 1. The Morgan fingerprint density at radius 3 is 2.62 bits per heavy atom. The third-order valence-electron chi connectivity index (χ3n) is 3.84. The Morgan fingerprint density at radius 1 is 1.24 bits per heavy atom. The highest BCUT2D eigenvalue weighted by molar-refractivity contribution is 5.75. The highest BCUT2D eigenvalue weighted by Crippen LogP contribution is 2.17. The number of carbonyl (C=O) groups is 1. The van der Waals surface area contributed by atoms with Crippen LogP contribution in [0.5, 0.6) is 0 Å². The second-order valence-electron chi connectivity index (χ2n) is 5.59. The number of nitrogens with zero attached hydrogens (tertiary/aromatic N) is 2. The Kier molecular flexibility index (Phi) is 6.47. The van der Waals surface area contributed by atoms with Crippen LogP contribution in [-0.2, 0) is 11.3 Å². The van der Waals surface area contributed by atoms with Gasteiger partial charge in [0.1, 0.15) is 5.82 Å². The molecule has 5 heteroatoms. The van der Waals surface area contributed by atoms with E-state index in [4.69, 9.17) is 5.73 Å². The Balaban J connectivity index is 1.82. The minimum Gasteiger partial charge on any atom is -0.357 e. The lowest BCUT2D eigenvalue weighted by atomic mass is 10.2. The molecule has 3 N–H and O–H groups in total. The summed E-state index contributed by atoms with van der Waals surface area (Å²) in [6.07, 6.45) is 8.24. The monoisotopic (exact) mass is 290 g/mol. The van der Waals surface area contributed by atoms with E-state index in [1.165, 1.54) is 25.7 Å². The highest BCUT2D eigenvalue weighted by atomic mass is 16.1. The number of anilines is 1. The smallest absolute Gasteiger partial charge is 0.220 e. The number of hydrogen-bond acceptors (Lipinski definition) is 4. The summed E-state index contributed by atoms with van der Waals surface area (Å²) in [6.45, 7) is 3.29. The van der Waals surface area contributed by atoms with Gasteiger partial charge in [-0.1, -0.05) is 18.9 Å². The minimum atomic E-state index is 0.0528. The first-order valence-electron chi connectivity index (χ1n) is 7.96. The molecule has 1 aromatic rings. The van der Waals surface area contributed by atoms with Gasteiger partial charge in [-0.25, -0.2) is 4.98 Å².